The van der Waals surface area contributed by atoms with Crippen LogP contribution in [0.25, 0.3) is 0 Å². The SMILES string of the molecule is CN(Cc1cccc(OC(F)(F)F)c1)C(=O)C1CC(O)CN1. The van der Waals surface area contributed by atoms with Gasteiger partial charge in [0.1, 0.15) is 5.75 Å². The molecule has 1 heterocycles. The fraction of sp³-hybridized carbons (Fsp3) is 0.500. The van der Waals surface area contributed by atoms with Gasteiger partial charge in [0.2, 0.25) is 5.91 Å². The van der Waals surface area contributed by atoms with Crippen molar-refractivity contribution in [2.24, 2.45) is 0 Å². The molecule has 8 heteroatoms. The number of rotatable bonds is 4. The molecule has 2 atom stereocenters. The predicted octanol–water partition coefficient (Wildman–Crippen LogP) is 1.27. The molecule has 0 saturated carbocycles. The summed E-state index contributed by atoms with van der Waals surface area (Å²) in [6.45, 7) is 0.515. The fourth-order valence-electron chi connectivity index (χ4n) is 2.36. The first-order valence-corrected chi connectivity index (χ1v) is 6.76. The summed E-state index contributed by atoms with van der Waals surface area (Å²) in [4.78, 5) is 13.6. The van der Waals surface area contributed by atoms with Gasteiger partial charge in [0.15, 0.2) is 0 Å². The van der Waals surface area contributed by atoms with Crippen molar-refractivity contribution in [2.45, 2.75) is 31.5 Å². The van der Waals surface area contributed by atoms with Gasteiger partial charge in [-0.25, -0.2) is 0 Å². The van der Waals surface area contributed by atoms with Crippen LogP contribution in [0.15, 0.2) is 24.3 Å². The van der Waals surface area contributed by atoms with E-state index in [9.17, 15) is 23.1 Å². The van der Waals surface area contributed by atoms with Crippen molar-refractivity contribution in [2.75, 3.05) is 13.6 Å². The molecule has 5 nitrogen and oxygen atoms in total. The van der Waals surface area contributed by atoms with Crippen LogP contribution in [0.5, 0.6) is 5.75 Å². The molecule has 122 valence electrons. The monoisotopic (exact) mass is 318 g/mol. The van der Waals surface area contributed by atoms with Crippen LogP contribution >= 0.6 is 0 Å². The lowest BCUT2D eigenvalue weighted by atomic mass is 10.1. The van der Waals surface area contributed by atoms with E-state index in [4.69, 9.17) is 0 Å². The van der Waals surface area contributed by atoms with Crippen LogP contribution in [0.4, 0.5) is 13.2 Å². The molecule has 0 spiro atoms. The average Bonchev–Trinajstić information content (AvgIpc) is 2.83. The number of likely N-dealkylation sites (N-methyl/N-ethyl adjacent to an activating group) is 1. The first kappa shape index (κ1) is 16.6. The first-order valence-electron chi connectivity index (χ1n) is 6.76. The van der Waals surface area contributed by atoms with Gasteiger partial charge in [-0.2, -0.15) is 0 Å². The van der Waals surface area contributed by atoms with Crippen LogP contribution in [-0.2, 0) is 11.3 Å². The highest BCUT2D eigenvalue weighted by molar-refractivity contribution is 5.82. The Labute approximate surface area is 125 Å². The maximum absolute atomic E-state index is 12.2. The molecule has 2 rings (SSSR count). The van der Waals surface area contributed by atoms with Crippen molar-refractivity contribution < 1.29 is 27.8 Å². The van der Waals surface area contributed by atoms with Gasteiger partial charge in [-0.05, 0) is 24.1 Å². The first-order chi connectivity index (χ1) is 10.2. The van der Waals surface area contributed by atoms with E-state index >= 15 is 0 Å². The summed E-state index contributed by atoms with van der Waals surface area (Å²) >= 11 is 0. The minimum Gasteiger partial charge on any atom is -0.406 e. The molecule has 1 aromatic carbocycles. The zero-order valence-electron chi connectivity index (χ0n) is 11.9. The molecule has 1 saturated heterocycles. The van der Waals surface area contributed by atoms with Crippen molar-refractivity contribution in [1.82, 2.24) is 10.2 Å². The summed E-state index contributed by atoms with van der Waals surface area (Å²) in [5.41, 5.74) is 0.524. The molecular weight excluding hydrogens is 301 g/mol. The number of halogens is 3. The summed E-state index contributed by atoms with van der Waals surface area (Å²) in [6.07, 6.45) is -4.96. The summed E-state index contributed by atoms with van der Waals surface area (Å²) < 4.78 is 40.4. The topological polar surface area (TPSA) is 61.8 Å². The zero-order chi connectivity index (χ0) is 16.3. The predicted molar refractivity (Wildman–Crippen MR) is 72.0 cm³/mol. The Balaban J connectivity index is 1.98. The van der Waals surface area contributed by atoms with E-state index in [1.807, 2.05) is 0 Å². The van der Waals surface area contributed by atoms with Crippen LogP contribution in [0, 0.1) is 0 Å². The van der Waals surface area contributed by atoms with Gasteiger partial charge in [0.25, 0.3) is 0 Å². The highest BCUT2D eigenvalue weighted by Crippen LogP contribution is 2.23. The molecule has 0 radical (unpaired) electrons. The Bertz CT molecular complexity index is 536. The number of aliphatic hydroxyl groups excluding tert-OH is 1. The maximum atomic E-state index is 12.2. The normalized spacial score (nSPS) is 21.7. The van der Waals surface area contributed by atoms with Crippen molar-refractivity contribution in [3.8, 4) is 5.75 Å². The number of nitrogens with zero attached hydrogens (tertiary/aromatic N) is 1. The van der Waals surface area contributed by atoms with Gasteiger partial charge in [0.05, 0.1) is 12.1 Å². The maximum Gasteiger partial charge on any atom is 0.573 e. The molecule has 0 bridgehead atoms. The molecule has 2 N–H and O–H groups in total. The molecule has 0 aromatic heterocycles. The summed E-state index contributed by atoms with van der Waals surface area (Å²) in [5.74, 6) is -0.529. The molecule has 1 aromatic rings. The van der Waals surface area contributed by atoms with Gasteiger partial charge in [-0.15, -0.1) is 13.2 Å². The van der Waals surface area contributed by atoms with E-state index in [-0.39, 0.29) is 18.2 Å². The lowest BCUT2D eigenvalue weighted by Gasteiger charge is -2.21. The Morgan fingerprint density at radius 3 is 2.82 bits per heavy atom. The van der Waals surface area contributed by atoms with Crippen molar-refractivity contribution >= 4 is 5.91 Å². The third-order valence-electron chi connectivity index (χ3n) is 3.33. The van der Waals surface area contributed by atoms with E-state index in [1.54, 1.807) is 13.1 Å². The second-order valence-electron chi connectivity index (χ2n) is 5.24. The fourth-order valence-corrected chi connectivity index (χ4v) is 2.36. The number of hydrogen-bond donors (Lipinski definition) is 2. The summed E-state index contributed by atoms with van der Waals surface area (Å²) in [5, 5.41) is 12.3. The third kappa shape index (κ3) is 4.60. The van der Waals surface area contributed by atoms with Crippen molar-refractivity contribution in [3.63, 3.8) is 0 Å². The van der Waals surface area contributed by atoms with Crippen LogP contribution in [0.2, 0.25) is 0 Å². The van der Waals surface area contributed by atoms with Crippen LogP contribution in [-0.4, -0.2) is 48.0 Å². The highest BCUT2D eigenvalue weighted by Gasteiger charge is 2.32. The summed E-state index contributed by atoms with van der Waals surface area (Å²) in [6, 6.07) is 5.03. The smallest absolute Gasteiger partial charge is 0.406 e. The molecule has 1 amide bonds. The molecule has 22 heavy (non-hydrogen) atoms. The van der Waals surface area contributed by atoms with Gasteiger partial charge < -0.3 is 20.1 Å². The standard InChI is InChI=1S/C14H17F3N2O3/c1-19(13(21)12-6-10(20)7-18-12)8-9-3-2-4-11(5-9)22-14(15,16)17/h2-5,10,12,18,20H,6-8H2,1H3. The quantitative estimate of drug-likeness (QED) is 0.878. The Kier molecular flexibility index (Phi) is 4.92. The van der Waals surface area contributed by atoms with Gasteiger partial charge >= 0.3 is 6.36 Å². The number of amides is 1. The van der Waals surface area contributed by atoms with Crippen molar-refractivity contribution in [3.05, 3.63) is 29.8 Å². The minimum absolute atomic E-state index is 0.155. The van der Waals surface area contributed by atoms with E-state index in [0.717, 1.165) is 0 Å². The second kappa shape index (κ2) is 6.53. The number of benzene rings is 1. The van der Waals surface area contributed by atoms with E-state index in [1.165, 1.54) is 23.1 Å². The summed E-state index contributed by atoms with van der Waals surface area (Å²) in [7, 11) is 1.56. The molecular formula is C14H17F3N2O3. The van der Waals surface area contributed by atoms with Crippen LogP contribution < -0.4 is 10.1 Å². The molecule has 1 aliphatic heterocycles. The molecule has 0 aliphatic carbocycles. The molecule has 1 aliphatic rings. The zero-order valence-corrected chi connectivity index (χ0v) is 11.9. The van der Waals surface area contributed by atoms with E-state index < -0.39 is 18.5 Å². The Morgan fingerprint density at radius 2 is 2.23 bits per heavy atom. The number of nitrogens with one attached hydrogen (secondary N) is 1. The molecule has 2 unspecified atom stereocenters. The Morgan fingerprint density at radius 1 is 1.50 bits per heavy atom. The largest absolute Gasteiger partial charge is 0.573 e. The number of aliphatic hydroxyl groups is 1. The van der Waals surface area contributed by atoms with Crippen molar-refractivity contribution in [1.29, 1.82) is 0 Å². The van der Waals surface area contributed by atoms with Gasteiger partial charge in [-0.1, -0.05) is 12.1 Å². The number of hydrogen-bond acceptors (Lipinski definition) is 4. The van der Waals surface area contributed by atoms with Gasteiger partial charge in [-0.3, -0.25) is 4.79 Å². The lowest BCUT2D eigenvalue weighted by Crippen LogP contribution is -2.41. The lowest BCUT2D eigenvalue weighted by molar-refractivity contribution is -0.274. The number of β-amino-alcohol motifs (C(OH)–C–C–N with tert-alkyl or cyclic N) is 1. The number of alkyl halides is 3. The Hall–Kier alpha value is -1.80. The highest BCUT2D eigenvalue weighted by atomic mass is 19.4. The number of carbonyl (C=O) groups is 1. The third-order valence-corrected chi connectivity index (χ3v) is 3.33. The van der Waals surface area contributed by atoms with Crippen LogP contribution in [0.1, 0.15) is 12.0 Å². The van der Waals surface area contributed by atoms with E-state index in [2.05, 4.69) is 10.1 Å². The number of ether oxygens (including phenoxy) is 1. The van der Waals surface area contributed by atoms with Gasteiger partial charge in [0, 0.05) is 20.1 Å². The minimum atomic E-state index is -4.75. The molecule has 1 fully saturated rings. The van der Waals surface area contributed by atoms with E-state index in [0.29, 0.717) is 18.5 Å². The van der Waals surface area contributed by atoms with Crippen LogP contribution in [0.3, 0.4) is 0 Å². The second-order valence-corrected chi connectivity index (χ2v) is 5.24. The average molecular weight is 318 g/mol. The number of carbonyl (C=O) groups excluding carboxylic acids is 1.